The van der Waals surface area contributed by atoms with Crippen molar-refractivity contribution in [3.05, 3.63) is 0 Å². The van der Waals surface area contributed by atoms with Gasteiger partial charge in [0.1, 0.15) is 12.4 Å². The first-order valence-electron chi connectivity index (χ1n) is 8.06. The van der Waals surface area contributed by atoms with Crippen LogP contribution in [0.4, 0.5) is 0 Å². The third kappa shape index (κ3) is 2.22. The molecule has 118 valence electrons. The summed E-state index contributed by atoms with van der Waals surface area (Å²) in [6, 6.07) is 0. The van der Waals surface area contributed by atoms with Crippen LogP contribution in [-0.2, 0) is 19.6 Å². The lowest BCUT2D eigenvalue weighted by molar-refractivity contribution is -0.151. The summed E-state index contributed by atoms with van der Waals surface area (Å²) in [4.78, 5) is 12.2. The zero-order valence-corrected chi connectivity index (χ0v) is 12.8. The SMILES string of the molecule is O=C(OCCS(=O)(=O)O)C1CC2CC1C1C3CCC(C3)C21. The molecule has 4 rings (SSSR count). The monoisotopic (exact) mass is 314 g/mol. The molecular formula is C15H22O5S. The van der Waals surface area contributed by atoms with Gasteiger partial charge in [-0.1, -0.05) is 0 Å². The molecule has 7 atom stereocenters. The summed E-state index contributed by atoms with van der Waals surface area (Å²) in [5, 5.41) is 0. The molecule has 1 N–H and O–H groups in total. The smallest absolute Gasteiger partial charge is 0.309 e. The molecule has 4 bridgehead atoms. The molecule has 0 saturated heterocycles. The number of rotatable bonds is 4. The number of hydrogen-bond donors (Lipinski definition) is 1. The van der Waals surface area contributed by atoms with Gasteiger partial charge in [0.2, 0.25) is 0 Å². The fourth-order valence-electron chi connectivity index (χ4n) is 6.19. The lowest BCUT2D eigenvalue weighted by Crippen LogP contribution is -2.36. The summed E-state index contributed by atoms with van der Waals surface area (Å²) in [6.45, 7) is -0.230. The van der Waals surface area contributed by atoms with Crippen LogP contribution >= 0.6 is 0 Å². The van der Waals surface area contributed by atoms with Gasteiger partial charge in [0, 0.05) is 0 Å². The van der Waals surface area contributed by atoms with E-state index in [9.17, 15) is 13.2 Å². The highest BCUT2D eigenvalue weighted by atomic mass is 32.2. The largest absolute Gasteiger partial charge is 0.464 e. The molecule has 4 aliphatic carbocycles. The Balaban J connectivity index is 1.39. The second-order valence-corrected chi connectivity index (χ2v) is 9.02. The van der Waals surface area contributed by atoms with Gasteiger partial charge in [-0.25, -0.2) is 0 Å². The minimum atomic E-state index is -4.05. The van der Waals surface area contributed by atoms with Crippen molar-refractivity contribution in [1.82, 2.24) is 0 Å². The van der Waals surface area contributed by atoms with Crippen LogP contribution in [-0.4, -0.2) is 31.3 Å². The lowest BCUT2D eigenvalue weighted by atomic mass is 9.67. The van der Waals surface area contributed by atoms with Crippen LogP contribution in [0.3, 0.4) is 0 Å². The summed E-state index contributed by atoms with van der Waals surface area (Å²) in [5.74, 6) is 3.69. The van der Waals surface area contributed by atoms with Crippen molar-refractivity contribution >= 4 is 16.1 Å². The Morgan fingerprint density at radius 2 is 1.76 bits per heavy atom. The van der Waals surface area contributed by atoms with Crippen molar-refractivity contribution < 1.29 is 22.5 Å². The first-order chi connectivity index (χ1) is 9.94. The van der Waals surface area contributed by atoms with E-state index in [0.717, 1.165) is 30.1 Å². The standard InChI is InChI=1S/C15H22O5S/c16-15(20-3-4-21(17,18)19)12-7-10-6-11(12)14-9-2-1-8(5-9)13(10)14/h8-14H,1-7H2,(H,17,18,19). The summed E-state index contributed by atoms with van der Waals surface area (Å²) >= 11 is 0. The minimum Gasteiger partial charge on any atom is -0.464 e. The number of fused-ring (bicyclic) bond motifs is 9. The molecule has 7 unspecified atom stereocenters. The topological polar surface area (TPSA) is 80.7 Å². The Morgan fingerprint density at radius 1 is 1.05 bits per heavy atom. The average molecular weight is 314 g/mol. The van der Waals surface area contributed by atoms with Gasteiger partial charge in [0.25, 0.3) is 10.1 Å². The highest BCUT2D eigenvalue weighted by Gasteiger charge is 2.63. The van der Waals surface area contributed by atoms with Crippen LogP contribution in [0.25, 0.3) is 0 Å². The Hall–Kier alpha value is -0.620. The number of hydrogen-bond acceptors (Lipinski definition) is 4. The van der Waals surface area contributed by atoms with E-state index in [2.05, 4.69) is 0 Å². The molecule has 0 aromatic carbocycles. The third-order valence-electron chi connectivity index (χ3n) is 6.62. The van der Waals surface area contributed by atoms with E-state index in [-0.39, 0.29) is 18.5 Å². The molecular weight excluding hydrogens is 292 g/mol. The van der Waals surface area contributed by atoms with Crippen molar-refractivity contribution in [2.24, 2.45) is 41.4 Å². The van der Waals surface area contributed by atoms with E-state index in [1.807, 2.05) is 0 Å². The maximum atomic E-state index is 12.2. The second-order valence-electron chi connectivity index (χ2n) is 7.44. The zero-order chi connectivity index (χ0) is 14.8. The molecule has 4 saturated carbocycles. The summed E-state index contributed by atoms with van der Waals surface area (Å²) in [6.07, 6.45) is 6.19. The number of ether oxygens (including phenoxy) is 1. The quantitative estimate of drug-likeness (QED) is 0.485. The van der Waals surface area contributed by atoms with Crippen LogP contribution in [0.15, 0.2) is 0 Å². The third-order valence-corrected chi connectivity index (χ3v) is 7.30. The molecule has 4 aliphatic rings. The van der Waals surface area contributed by atoms with Gasteiger partial charge in [-0.3, -0.25) is 9.35 Å². The molecule has 0 aliphatic heterocycles. The van der Waals surface area contributed by atoms with Crippen LogP contribution in [0.2, 0.25) is 0 Å². The summed E-state index contributed by atoms with van der Waals surface area (Å²) in [7, 11) is -4.05. The molecule has 21 heavy (non-hydrogen) atoms. The zero-order valence-electron chi connectivity index (χ0n) is 12.0. The van der Waals surface area contributed by atoms with E-state index >= 15 is 0 Å². The number of esters is 1. The maximum absolute atomic E-state index is 12.2. The van der Waals surface area contributed by atoms with Gasteiger partial charge < -0.3 is 4.74 Å². The van der Waals surface area contributed by atoms with Crippen molar-refractivity contribution in [2.45, 2.75) is 32.1 Å². The highest BCUT2D eigenvalue weighted by Crippen LogP contribution is 2.68. The van der Waals surface area contributed by atoms with E-state index in [1.165, 1.54) is 25.7 Å². The molecule has 0 spiro atoms. The van der Waals surface area contributed by atoms with E-state index < -0.39 is 15.9 Å². The molecule has 4 fully saturated rings. The van der Waals surface area contributed by atoms with Crippen LogP contribution in [0.5, 0.6) is 0 Å². The highest BCUT2D eigenvalue weighted by molar-refractivity contribution is 7.85. The summed E-state index contributed by atoms with van der Waals surface area (Å²) < 4.78 is 35.1. The molecule has 5 nitrogen and oxygen atoms in total. The lowest BCUT2D eigenvalue weighted by Gasteiger charge is -2.37. The fraction of sp³-hybridized carbons (Fsp3) is 0.933. The predicted octanol–water partition coefficient (Wildman–Crippen LogP) is 1.74. The Kier molecular flexibility index (Phi) is 3.12. The van der Waals surface area contributed by atoms with E-state index in [1.54, 1.807) is 0 Å². The Bertz CT molecular complexity index is 556. The normalized spacial score (nSPS) is 46.8. The molecule has 0 heterocycles. The van der Waals surface area contributed by atoms with Gasteiger partial charge >= 0.3 is 5.97 Å². The maximum Gasteiger partial charge on any atom is 0.309 e. The Labute approximate surface area is 125 Å². The van der Waals surface area contributed by atoms with Crippen molar-refractivity contribution in [3.8, 4) is 0 Å². The number of carbonyl (C=O) groups is 1. The molecule has 0 radical (unpaired) electrons. The molecule has 0 aromatic heterocycles. The van der Waals surface area contributed by atoms with E-state index in [0.29, 0.717) is 11.8 Å². The fourth-order valence-corrected chi connectivity index (χ4v) is 6.48. The van der Waals surface area contributed by atoms with Crippen LogP contribution < -0.4 is 0 Å². The van der Waals surface area contributed by atoms with E-state index in [4.69, 9.17) is 9.29 Å². The molecule has 0 aromatic rings. The predicted molar refractivity (Wildman–Crippen MR) is 74.9 cm³/mol. The van der Waals surface area contributed by atoms with Gasteiger partial charge in [0.15, 0.2) is 0 Å². The van der Waals surface area contributed by atoms with Gasteiger partial charge in [0.05, 0.1) is 5.92 Å². The first-order valence-corrected chi connectivity index (χ1v) is 9.67. The minimum absolute atomic E-state index is 0.0306. The number of carbonyl (C=O) groups excluding carboxylic acids is 1. The van der Waals surface area contributed by atoms with Gasteiger partial charge in [-0.05, 0) is 67.6 Å². The first kappa shape index (κ1) is 14.0. The van der Waals surface area contributed by atoms with Crippen molar-refractivity contribution in [3.63, 3.8) is 0 Å². The molecule has 0 amide bonds. The van der Waals surface area contributed by atoms with Gasteiger partial charge in [-0.15, -0.1) is 0 Å². The second kappa shape index (κ2) is 4.69. The summed E-state index contributed by atoms with van der Waals surface area (Å²) in [5.41, 5.74) is 0. The molecule has 6 heteroatoms. The average Bonchev–Trinajstić information content (AvgIpc) is 3.15. The van der Waals surface area contributed by atoms with Crippen LogP contribution in [0, 0.1) is 41.4 Å². The van der Waals surface area contributed by atoms with Crippen molar-refractivity contribution in [2.75, 3.05) is 12.4 Å². The van der Waals surface area contributed by atoms with Crippen molar-refractivity contribution in [1.29, 1.82) is 0 Å². The van der Waals surface area contributed by atoms with Crippen LogP contribution in [0.1, 0.15) is 32.1 Å². The van der Waals surface area contributed by atoms with Gasteiger partial charge in [-0.2, -0.15) is 8.42 Å². The Morgan fingerprint density at radius 3 is 2.48 bits per heavy atom.